The van der Waals surface area contributed by atoms with Gasteiger partial charge in [0.25, 0.3) is 5.91 Å². The molecule has 1 atom stereocenters. The molecule has 2 aliphatic heterocycles. The minimum absolute atomic E-state index is 0.0889. The molecule has 1 amide bonds. The average Bonchev–Trinajstić information content (AvgIpc) is 3.02. The van der Waals surface area contributed by atoms with E-state index in [1.165, 1.54) is 6.33 Å². The van der Waals surface area contributed by atoms with E-state index in [4.69, 9.17) is 0 Å². The van der Waals surface area contributed by atoms with Crippen molar-refractivity contribution < 1.29 is 9.90 Å². The van der Waals surface area contributed by atoms with Gasteiger partial charge in [0.05, 0.1) is 0 Å². The highest BCUT2D eigenvalue weighted by Gasteiger charge is 2.43. The summed E-state index contributed by atoms with van der Waals surface area (Å²) in [5.41, 5.74) is -0.214. The van der Waals surface area contributed by atoms with Gasteiger partial charge in [0.2, 0.25) is 0 Å². The molecule has 1 unspecified atom stereocenters. The first-order valence-electron chi connectivity index (χ1n) is 7.65. The molecular formula is C15H22N4O2. The normalized spacial score (nSPS) is 27.0. The van der Waals surface area contributed by atoms with E-state index in [2.05, 4.69) is 14.9 Å². The fourth-order valence-corrected chi connectivity index (χ4v) is 3.32. The molecule has 3 heterocycles. The summed E-state index contributed by atoms with van der Waals surface area (Å²) >= 11 is 0. The predicted octanol–water partition coefficient (Wildman–Crippen LogP) is 0.426. The number of β-amino-alcohol motifs (C(OH)–C–C–N with tert-alkyl or cyclic N) is 1. The Morgan fingerprint density at radius 1 is 1.19 bits per heavy atom. The van der Waals surface area contributed by atoms with Crippen molar-refractivity contribution in [1.82, 2.24) is 19.8 Å². The lowest BCUT2D eigenvalue weighted by atomic mass is 9.91. The van der Waals surface area contributed by atoms with Crippen molar-refractivity contribution in [3.05, 3.63) is 24.3 Å². The zero-order chi connectivity index (χ0) is 14.7. The molecule has 1 aromatic heterocycles. The third-order valence-electron chi connectivity index (χ3n) is 4.36. The molecule has 0 radical (unpaired) electrons. The Balaban J connectivity index is 1.65. The van der Waals surface area contributed by atoms with E-state index in [-0.39, 0.29) is 5.91 Å². The van der Waals surface area contributed by atoms with Crippen molar-refractivity contribution in [3.63, 3.8) is 0 Å². The Labute approximate surface area is 124 Å². The van der Waals surface area contributed by atoms with Gasteiger partial charge in [-0.1, -0.05) is 0 Å². The Bertz CT molecular complexity index is 490. The summed E-state index contributed by atoms with van der Waals surface area (Å²) in [5, 5.41) is 10.8. The molecule has 1 N–H and O–H groups in total. The predicted molar refractivity (Wildman–Crippen MR) is 77.3 cm³/mol. The summed E-state index contributed by atoms with van der Waals surface area (Å²) in [4.78, 5) is 24.5. The first-order valence-corrected chi connectivity index (χ1v) is 7.65. The SMILES string of the molecule is O=C(N1CCCC1)C1(O)CCCN(Cc2cncnc2)C1. The Morgan fingerprint density at radius 2 is 1.90 bits per heavy atom. The smallest absolute Gasteiger partial charge is 0.255 e. The number of likely N-dealkylation sites (tertiary alicyclic amines) is 2. The minimum Gasteiger partial charge on any atom is -0.379 e. The second-order valence-corrected chi connectivity index (χ2v) is 6.09. The molecule has 2 aliphatic rings. The molecule has 3 rings (SSSR count). The van der Waals surface area contributed by atoms with Crippen LogP contribution in [0, 0.1) is 0 Å². The number of amides is 1. The van der Waals surface area contributed by atoms with Crippen LogP contribution in [0.2, 0.25) is 0 Å². The van der Waals surface area contributed by atoms with Crippen molar-refractivity contribution in [3.8, 4) is 0 Å². The number of hydrogen-bond donors (Lipinski definition) is 1. The number of piperidine rings is 1. The minimum atomic E-state index is -1.22. The molecule has 0 saturated carbocycles. The molecular weight excluding hydrogens is 268 g/mol. The van der Waals surface area contributed by atoms with E-state index in [0.29, 0.717) is 19.5 Å². The number of aromatic nitrogens is 2. The standard InChI is InChI=1S/C15H22N4O2/c20-14(19-6-1-2-7-19)15(21)4-3-5-18(11-15)10-13-8-16-12-17-9-13/h8-9,12,21H,1-7,10-11H2. The lowest BCUT2D eigenvalue weighted by Crippen LogP contribution is -2.57. The van der Waals surface area contributed by atoms with Gasteiger partial charge in [-0.25, -0.2) is 9.97 Å². The molecule has 114 valence electrons. The Hall–Kier alpha value is -1.53. The highest BCUT2D eigenvalue weighted by molar-refractivity contribution is 5.85. The summed E-state index contributed by atoms with van der Waals surface area (Å²) in [6, 6.07) is 0. The number of carbonyl (C=O) groups excluding carboxylic acids is 1. The lowest BCUT2D eigenvalue weighted by molar-refractivity contribution is -0.156. The van der Waals surface area contributed by atoms with Gasteiger partial charge < -0.3 is 10.0 Å². The fourth-order valence-electron chi connectivity index (χ4n) is 3.32. The van der Waals surface area contributed by atoms with Gasteiger partial charge in [-0.15, -0.1) is 0 Å². The summed E-state index contributed by atoms with van der Waals surface area (Å²) in [7, 11) is 0. The first kappa shape index (κ1) is 14.4. The summed E-state index contributed by atoms with van der Waals surface area (Å²) in [6.07, 6.45) is 8.56. The third-order valence-corrected chi connectivity index (χ3v) is 4.36. The maximum absolute atomic E-state index is 12.5. The molecule has 2 saturated heterocycles. The highest BCUT2D eigenvalue weighted by atomic mass is 16.3. The van der Waals surface area contributed by atoms with Crippen LogP contribution in [-0.2, 0) is 11.3 Å². The van der Waals surface area contributed by atoms with Gasteiger partial charge in [0, 0.05) is 44.1 Å². The molecule has 1 aromatic rings. The van der Waals surface area contributed by atoms with Gasteiger partial charge in [-0.05, 0) is 32.2 Å². The van der Waals surface area contributed by atoms with Crippen molar-refractivity contribution in [2.75, 3.05) is 26.2 Å². The molecule has 21 heavy (non-hydrogen) atoms. The lowest BCUT2D eigenvalue weighted by Gasteiger charge is -2.39. The van der Waals surface area contributed by atoms with Crippen molar-refractivity contribution in [2.24, 2.45) is 0 Å². The maximum atomic E-state index is 12.5. The largest absolute Gasteiger partial charge is 0.379 e. The molecule has 6 nitrogen and oxygen atoms in total. The maximum Gasteiger partial charge on any atom is 0.255 e. The first-order chi connectivity index (χ1) is 10.2. The van der Waals surface area contributed by atoms with E-state index in [1.807, 2.05) is 4.90 Å². The summed E-state index contributed by atoms with van der Waals surface area (Å²) in [5.74, 6) is -0.0889. The topological polar surface area (TPSA) is 69.6 Å². The van der Waals surface area contributed by atoms with E-state index in [9.17, 15) is 9.90 Å². The van der Waals surface area contributed by atoms with Crippen molar-refractivity contribution in [1.29, 1.82) is 0 Å². The molecule has 0 aromatic carbocycles. The van der Waals surface area contributed by atoms with Gasteiger partial charge >= 0.3 is 0 Å². The molecule has 0 spiro atoms. The fraction of sp³-hybridized carbons (Fsp3) is 0.667. The quantitative estimate of drug-likeness (QED) is 0.874. The molecule has 0 bridgehead atoms. The number of carbonyl (C=O) groups is 1. The highest BCUT2D eigenvalue weighted by Crippen LogP contribution is 2.26. The van der Waals surface area contributed by atoms with Crippen LogP contribution >= 0.6 is 0 Å². The van der Waals surface area contributed by atoms with E-state index >= 15 is 0 Å². The molecule has 6 heteroatoms. The number of rotatable bonds is 3. The van der Waals surface area contributed by atoms with E-state index in [1.54, 1.807) is 12.4 Å². The van der Waals surface area contributed by atoms with Gasteiger partial charge in [0.1, 0.15) is 6.33 Å². The van der Waals surface area contributed by atoms with E-state index in [0.717, 1.165) is 44.5 Å². The Morgan fingerprint density at radius 3 is 2.62 bits per heavy atom. The van der Waals surface area contributed by atoms with Gasteiger partial charge in [-0.2, -0.15) is 0 Å². The van der Waals surface area contributed by atoms with Crippen molar-refractivity contribution >= 4 is 5.91 Å². The van der Waals surface area contributed by atoms with Crippen molar-refractivity contribution in [2.45, 2.75) is 37.8 Å². The second kappa shape index (κ2) is 6.07. The van der Waals surface area contributed by atoms with Crippen LogP contribution in [0.25, 0.3) is 0 Å². The van der Waals surface area contributed by atoms with Crippen LogP contribution in [0.4, 0.5) is 0 Å². The monoisotopic (exact) mass is 290 g/mol. The molecule has 2 fully saturated rings. The summed E-state index contributed by atoms with van der Waals surface area (Å²) in [6.45, 7) is 3.54. The van der Waals surface area contributed by atoms with Crippen LogP contribution in [0.3, 0.4) is 0 Å². The van der Waals surface area contributed by atoms with Crippen LogP contribution in [0.1, 0.15) is 31.2 Å². The average molecular weight is 290 g/mol. The number of nitrogens with zero attached hydrogens (tertiary/aromatic N) is 4. The summed E-state index contributed by atoms with van der Waals surface area (Å²) < 4.78 is 0. The number of aliphatic hydroxyl groups is 1. The second-order valence-electron chi connectivity index (χ2n) is 6.09. The van der Waals surface area contributed by atoms with Crippen LogP contribution in [0.15, 0.2) is 18.7 Å². The molecule has 0 aliphatic carbocycles. The Kier molecular flexibility index (Phi) is 4.17. The zero-order valence-electron chi connectivity index (χ0n) is 12.2. The van der Waals surface area contributed by atoms with Crippen LogP contribution in [0.5, 0.6) is 0 Å². The zero-order valence-corrected chi connectivity index (χ0v) is 12.2. The van der Waals surface area contributed by atoms with Crippen LogP contribution < -0.4 is 0 Å². The van der Waals surface area contributed by atoms with Gasteiger partial charge in [-0.3, -0.25) is 9.69 Å². The number of hydrogen-bond acceptors (Lipinski definition) is 5. The van der Waals surface area contributed by atoms with Gasteiger partial charge in [0.15, 0.2) is 5.60 Å². The van der Waals surface area contributed by atoms with E-state index < -0.39 is 5.60 Å². The van der Waals surface area contributed by atoms with Crippen LogP contribution in [-0.4, -0.2) is 62.6 Å². The third kappa shape index (κ3) is 3.22.